The summed E-state index contributed by atoms with van der Waals surface area (Å²) in [5.74, 6) is 1.68. The number of hydrogen-bond acceptors (Lipinski definition) is 4. The number of piperazine rings is 1. The summed E-state index contributed by atoms with van der Waals surface area (Å²) in [7, 11) is 1.65. The van der Waals surface area contributed by atoms with Crippen LogP contribution in [0.15, 0.2) is 18.2 Å². The molecule has 4 nitrogen and oxygen atoms in total. The summed E-state index contributed by atoms with van der Waals surface area (Å²) in [6.07, 6.45) is 0. The van der Waals surface area contributed by atoms with Gasteiger partial charge < -0.3 is 15.0 Å². The maximum absolute atomic E-state index is 5.15. The standard InChI is InChI=1S/C12H19N3O/c1-9-8-15(10(2)7-13-9)11-5-4-6-12(14-11)16-3/h4-6,9-10,13H,7-8H2,1-3H3. The van der Waals surface area contributed by atoms with E-state index >= 15 is 0 Å². The van der Waals surface area contributed by atoms with Crippen molar-refractivity contribution in [2.75, 3.05) is 25.1 Å². The first-order valence-corrected chi connectivity index (χ1v) is 5.72. The monoisotopic (exact) mass is 221 g/mol. The van der Waals surface area contributed by atoms with Crippen molar-refractivity contribution in [1.82, 2.24) is 10.3 Å². The molecule has 2 unspecified atom stereocenters. The Morgan fingerprint density at radius 2 is 2.25 bits per heavy atom. The van der Waals surface area contributed by atoms with Crippen LogP contribution in [-0.2, 0) is 0 Å². The number of nitrogens with zero attached hydrogens (tertiary/aromatic N) is 2. The Morgan fingerprint density at radius 3 is 3.00 bits per heavy atom. The van der Waals surface area contributed by atoms with Gasteiger partial charge in [-0.15, -0.1) is 0 Å². The van der Waals surface area contributed by atoms with E-state index in [1.807, 2.05) is 18.2 Å². The van der Waals surface area contributed by atoms with Gasteiger partial charge in [-0.3, -0.25) is 0 Å². The summed E-state index contributed by atoms with van der Waals surface area (Å²) in [6, 6.07) is 6.87. The zero-order chi connectivity index (χ0) is 11.5. The van der Waals surface area contributed by atoms with Gasteiger partial charge in [-0.2, -0.15) is 4.98 Å². The molecule has 0 radical (unpaired) electrons. The smallest absolute Gasteiger partial charge is 0.214 e. The zero-order valence-corrected chi connectivity index (χ0v) is 10.1. The van der Waals surface area contributed by atoms with Crippen LogP contribution < -0.4 is 15.0 Å². The van der Waals surface area contributed by atoms with Crippen molar-refractivity contribution < 1.29 is 4.74 Å². The minimum atomic E-state index is 0.468. The molecule has 2 atom stereocenters. The lowest BCUT2D eigenvalue weighted by molar-refractivity contribution is 0.392. The lowest BCUT2D eigenvalue weighted by Gasteiger charge is -2.38. The van der Waals surface area contributed by atoms with E-state index in [4.69, 9.17) is 4.74 Å². The lowest BCUT2D eigenvalue weighted by atomic mass is 10.1. The van der Waals surface area contributed by atoms with Crippen molar-refractivity contribution in [3.63, 3.8) is 0 Å². The van der Waals surface area contributed by atoms with E-state index in [0.29, 0.717) is 18.0 Å². The lowest BCUT2D eigenvalue weighted by Crippen LogP contribution is -2.54. The summed E-state index contributed by atoms with van der Waals surface area (Å²) in [4.78, 5) is 6.80. The van der Waals surface area contributed by atoms with Crippen molar-refractivity contribution in [3.8, 4) is 5.88 Å². The SMILES string of the molecule is COc1cccc(N2CC(C)NCC2C)n1. The first-order valence-electron chi connectivity index (χ1n) is 5.72. The van der Waals surface area contributed by atoms with Crippen molar-refractivity contribution in [2.45, 2.75) is 25.9 Å². The molecule has 1 aromatic heterocycles. The van der Waals surface area contributed by atoms with Gasteiger partial charge in [-0.25, -0.2) is 0 Å². The molecule has 0 saturated carbocycles. The number of nitrogens with one attached hydrogen (secondary N) is 1. The fraction of sp³-hybridized carbons (Fsp3) is 0.583. The topological polar surface area (TPSA) is 37.4 Å². The second-order valence-electron chi connectivity index (χ2n) is 4.35. The zero-order valence-electron chi connectivity index (χ0n) is 10.1. The van der Waals surface area contributed by atoms with Crippen LogP contribution in [-0.4, -0.2) is 37.3 Å². The molecule has 88 valence electrons. The van der Waals surface area contributed by atoms with Crippen LogP contribution >= 0.6 is 0 Å². The highest BCUT2D eigenvalue weighted by atomic mass is 16.5. The van der Waals surface area contributed by atoms with E-state index < -0.39 is 0 Å². The summed E-state index contributed by atoms with van der Waals surface area (Å²) in [6.45, 7) is 6.39. The molecule has 1 aliphatic rings. The van der Waals surface area contributed by atoms with Crippen molar-refractivity contribution in [1.29, 1.82) is 0 Å². The van der Waals surface area contributed by atoms with Gasteiger partial charge >= 0.3 is 0 Å². The summed E-state index contributed by atoms with van der Waals surface area (Å²) >= 11 is 0. The summed E-state index contributed by atoms with van der Waals surface area (Å²) in [5.41, 5.74) is 0. The molecule has 0 bridgehead atoms. The largest absolute Gasteiger partial charge is 0.481 e. The van der Waals surface area contributed by atoms with Crippen LogP contribution in [0.5, 0.6) is 5.88 Å². The van der Waals surface area contributed by atoms with E-state index in [9.17, 15) is 0 Å². The Balaban J connectivity index is 2.20. The molecule has 4 heteroatoms. The maximum atomic E-state index is 5.15. The molecule has 0 aromatic carbocycles. The predicted octanol–water partition coefficient (Wildman–Crippen LogP) is 1.28. The number of hydrogen-bond donors (Lipinski definition) is 1. The summed E-state index contributed by atoms with van der Waals surface area (Å²) in [5, 5.41) is 3.46. The van der Waals surface area contributed by atoms with Crippen LogP contribution in [0.25, 0.3) is 0 Å². The Kier molecular flexibility index (Phi) is 3.29. The minimum Gasteiger partial charge on any atom is -0.481 e. The van der Waals surface area contributed by atoms with E-state index in [-0.39, 0.29) is 0 Å². The number of anilines is 1. The van der Waals surface area contributed by atoms with Gasteiger partial charge in [0.2, 0.25) is 5.88 Å². The normalized spacial score (nSPS) is 25.6. The molecule has 1 saturated heterocycles. The van der Waals surface area contributed by atoms with Gasteiger partial charge in [0.1, 0.15) is 5.82 Å². The second kappa shape index (κ2) is 4.70. The quantitative estimate of drug-likeness (QED) is 0.816. The molecular weight excluding hydrogens is 202 g/mol. The Labute approximate surface area is 96.6 Å². The third-order valence-electron chi connectivity index (χ3n) is 2.98. The highest BCUT2D eigenvalue weighted by Crippen LogP contribution is 2.19. The molecule has 2 rings (SSSR count). The Hall–Kier alpha value is -1.29. The molecule has 16 heavy (non-hydrogen) atoms. The summed E-state index contributed by atoms with van der Waals surface area (Å²) < 4.78 is 5.15. The van der Waals surface area contributed by atoms with Crippen LogP contribution in [0.3, 0.4) is 0 Å². The molecule has 1 aliphatic heterocycles. The van der Waals surface area contributed by atoms with Crippen LogP contribution in [0, 0.1) is 0 Å². The van der Waals surface area contributed by atoms with Gasteiger partial charge in [-0.1, -0.05) is 6.07 Å². The van der Waals surface area contributed by atoms with Gasteiger partial charge in [-0.05, 0) is 19.9 Å². The van der Waals surface area contributed by atoms with Crippen LogP contribution in [0.2, 0.25) is 0 Å². The van der Waals surface area contributed by atoms with Crippen molar-refractivity contribution in [3.05, 3.63) is 18.2 Å². The Morgan fingerprint density at radius 1 is 1.44 bits per heavy atom. The Bertz CT molecular complexity index is 356. The average Bonchev–Trinajstić information content (AvgIpc) is 2.32. The third kappa shape index (κ3) is 2.27. The number of ether oxygens (including phenoxy) is 1. The van der Waals surface area contributed by atoms with Gasteiger partial charge in [0.25, 0.3) is 0 Å². The van der Waals surface area contributed by atoms with E-state index in [2.05, 4.69) is 29.0 Å². The molecule has 1 N–H and O–H groups in total. The predicted molar refractivity (Wildman–Crippen MR) is 65.1 cm³/mol. The number of pyridine rings is 1. The molecule has 0 spiro atoms. The molecule has 0 amide bonds. The highest BCUT2D eigenvalue weighted by molar-refractivity contribution is 5.42. The van der Waals surface area contributed by atoms with Gasteiger partial charge in [0.15, 0.2) is 0 Å². The highest BCUT2D eigenvalue weighted by Gasteiger charge is 2.23. The van der Waals surface area contributed by atoms with E-state index in [0.717, 1.165) is 18.9 Å². The maximum Gasteiger partial charge on any atom is 0.214 e. The van der Waals surface area contributed by atoms with Crippen LogP contribution in [0.1, 0.15) is 13.8 Å². The molecule has 0 aliphatic carbocycles. The average molecular weight is 221 g/mol. The molecule has 1 fully saturated rings. The molecular formula is C12H19N3O. The van der Waals surface area contributed by atoms with Gasteiger partial charge in [0, 0.05) is 31.2 Å². The fourth-order valence-electron chi connectivity index (χ4n) is 2.02. The van der Waals surface area contributed by atoms with Crippen molar-refractivity contribution in [2.24, 2.45) is 0 Å². The first-order chi connectivity index (χ1) is 7.70. The first kappa shape index (κ1) is 11.2. The van der Waals surface area contributed by atoms with Crippen LogP contribution in [0.4, 0.5) is 5.82 Å². The van der Waals surface area contributed by atoms with Crippen molar-refractivity contribution >= 4 is 5.82 Å². The third-order valence-corrected chi connectivity index (χ3v) is 2.98. The molecule has 2 heterocycles. The number of aromatic nitrogens is 1. The van der Waals surface area contributed by atoms with E-state index in [1.165, 1.54) is 0 Å². The fourth-order valence-corrected chi connectivity index (χ4v) is 2.02. The number of methoxy groups -OCH3 is 1. The van der Waals surface area contributed by atoms with Gasteiger partial charge in [0.05, 0.1) is 7.11 Å². The minimum absolute atomic E-state index is 0.468. The molecule has 1 aromatic rings. The number of rotatable bonds is 2. The second-order valence-corrected chi connectivity index (χ2v) is 4.35. The van der Waals surface area contributed by atoms with E-state index in [1.54, 1.807) is 7.11 Å².